The lowest BCUT2D eigenvalue weighted by Crippen LogP contribution is -2.18. The molecule has 0 aliphatic carbocycles. The second-order valence-electron chi connectivity index (χ2n) is 4.74. The molecular weight excluding hydrogens is 252 g/mol. The summed E-state index contributed by atoms with van der Waals surface area (Å²) in [6, 6.07) is 18.8. The van der Waals surface area contributed by atoms with Gasteiger partial charge in [-0.1, -0.05) is 42.5 Å². The van der Waals surface area contributed by atoms with E-state index in [1.54, 1.807) is 12.1 Å². The molecule has 1 N–H and O–H groups in total. The largest absolute Gasteiger partial charge is 0.507 e. The van der Waals surface area contributed by atoms with Crippen LogP contribution in [0.3, 0.4) is 0 Å². The second kappa shape index (κ2) is 4.17. The molecule has 20 heavy (non-hydrogen) atoms. The topological polar surface area (TPSA) is 38.7 Å². The number of rotatable bonds is 1. The maximum atomic E-state index is 9.91. The molecule has 0 aromatic heterocycles. The summed E-state index contributed by atoms with van der Waals surface area (Å²) < 4.78 is 11.8. The fourth-order valence-corrected chi connectivity index (χ4v) is 2.52. The van der Waals surface area contributed by atoms with Crippen LogP contribution in [0.4, 0.5) is 0 Å². The fourth-order valence-electron chi connectivity index (χ4n) is 2.52. The smallest absolute Gasteiger partial charge is 0.267 e. The highest BCUT2D eigenvalue weighted by Gasteiger charge is 2.24. The third-order valence-electron chi connectivity index (χ3n) is 3.48. The van der Waals surface area contributed by atoms with Gasteiger partial charge in [0.2, 0.25) is 0 Å². The normalized spacial score (nSPS) is 16.5. The molecule has 1 aliphatic heterocycles. The van der Waals surface area contributed by atoms with Crippen LogP contribution in [0.15, 0.2) is 60.7 Å². The second-order valence-corrected chi connectivity index (χ2v) is 4.74. The molecule has 0 bridgehead atoms. The fraction of sp³-hybridized carbons (Fsp3) is 0.0588. The summed E-state index contributed by atoms with van der Waals surface area (Å²) in [7, 11) is 0. The first-order chi connectivity index (χ1) is 9.83. The molecule has 0 saturated heterocycles. The van der Waals surface area contributed by atoms with Gasteiger partial charge in [-0.2, -0.15) is 0 Å². The van der Waals surface area contributed by atoms with Gasteiger partial charge in [0.15, 0.2) is 0 Å². The van der Waals surface area contributed by atoms with Gasteiger partial charge in [-0.05, 0) is 18.2 Å². The third-order valence-corrected chi connectivity index (χ3v) is 3.48. The minimum Gasteiger partial charge on any atom is -0.507 e. The first-order valence-electron chi connectivity index (χ1n) is 6.46. The van der Waals surface area contributed by atoms with Crippen molar-refractivity contribution in [1.29, 1.82) is 0 Å². The SMILES string of the molecule is Oc1ccc2c3c(cccc13)OC(c1ccccc1)O2. The molecule has 4 rings (SSSR count). The van der Waals surface area contributed by atoms with Crippen LogP contribution >= 0.6 is 0 Å². The van der Waals surface area contributed by atoms with E-state index in [1.807, 2.05) is 48.5 Å². The maximum Gasteiger partial charge on any atom is 0.267 e. The van der Waals surface area contributed by atoms with Gasteiger partial charge >= 0.3 is 0 Å². The Labute approximate surface area is 116 Å². The van der Waals surface area contributed by atoms with Crippen molar-refractivity contribution in [3.8, 4) is 17.2 Å². The van der Waals surface area contributed by atoms with E-state index >= 15 is 0 Å². The molecule has 1 atom stereocenters. The van der Waals surface area contributed by atoms with Gasteiger partial charge in [0.25, 0.3) is 6.29 Å². The van der Waals surface area contributed by atoms with Crippen LogP contribution in [0.1, 0.15) is 11.9 Å². The Morgan fingerprint density at radius 1 is 0.750 bits per heavy atom. The first kappa shape index (κ1) is 11.2. The molecule has 1 aliphatic rings. The third kappa shape index (κ3) is 1.60. The van der Waals surface area contributed by atoms with E-state index in [1.165, 1.54) is 0 Å². The van der Waals surface area contributed by atoms with Crippen LogP contribution in [0.25, 0.3) is 10.8 Å². The van der Waals surface area contributed by atoms with Crippen LogP contribution in [0.5, 0.6) is 17.2 Å². The van der Waals surface area contributed by atoms with Crippen LogP contribution in [0.2, 0.25) is 0 Å². The van der Waals surface area contributed by atoms with Gasteiger partial charge in [-0.15, -0.1) is 0 Å². The van der Waals surface area contributed by atoms with Crippen molar-refractivity contribution in [2.75, 3.05) is 0 Å². The maximum absolute atomic E-state index is 9.91. The van der Waals surface area contributed by atoms with E-state index in [2.05, 4.69) is 0 Å². The number of phenols is 1. The van der Waals surface area contributed by atoms with Gasteiger partial charge in [-0.3, -0.25) is 0 Å². The molecule has 0 fully saturated rings. The van der Waals surface area contributed by atoms with Crippen molar-refractivity contribution >= 4 is 10.8 Å². The summed E-state index contributed by atoms with van der Waals surface area (Å²) >= 11 is 0. The Balaban J connectivity index is 1.87. The summed E-state index contributed by atoms with van der Waals surface area (Å²) in [5, 5.41) is 11.5. The average Bonchev–Trinajstić information content (AvgIpc) is 2.51. The summed E-state index contributed by atoms with van der Waals surface area (Å²) in [5.41, 5.74) is 0.961. The lowest BCUT2D eigenvalue weighted by molar-refractivity contribution is -0.00234. The van der Waals surface area contributed by atoms with Crippen LogP contribution in [0, 0.1) is 0 Å². The number of hydrogen-bond acceptors (Lipinski definition) is 3. The van der Waals surface area contributed by atoms with E-state index in [0.717, 1.165) is 27.8 Å². The highest BCUT2D eigenvalue weighted by Crippen LogP contribution is 2.44. The zero-order valence-electron chi connectivity index (χ0n) is 10.6. The van der Waals surface area contributed by atoms with E-state index < -0.39 is 6.29 Å². The Bertz CT molecular complexity index is 769. The van der Waals surface area contributed by atoms with Gasteiger partial charge < -0.3 is 14.6 Å². The van der Waals surface area contributed by atoms with Gasteiger partial charge in [0.05, 0.1) is 5.39 Å². The van der Waals surface area contributed by atoms with Crippen molar-refractivity contribution < 1.29 is 14.6 Å². The summed E-state index contributed by atoms with van der Waals surface area (Å²) in [5.74, 6) is 1.69. The van der Waals surface area contributed by atoms with E-state index in [4.69, 9.17) is 9.47 Å². The van der Waals surface area contributed by atoms with Crippen LogP contribution in [-0.4, -0.2) is 5.11 Å². The molecule has 3 aromatic carbocycles. The average molecular weight is 264 g/mol. The van der Waals surface area contributed by atoms with E-state index in [-0.39, 0.29) is 5.75 Å². The molecule has 3 heteroatoms. The predicted molar refractivity (Wildman–Crippen MR) is 76.1 cm³/mol. The molecule has 1 heterocycles. The molecular formula is C17H12O3. The number of benzene rings is 3. The first-order valence-corrected chi connectivity index (χ1v) is 6.46. The van der Waals surface area contributed by atoms with Gasteiger partial charge in [0.1, 0.15) is 17.2 Å². The van der Waals surface area contributed by atoms with E-state index in [0.29, 0.717) is 0 Å². The van der Waals surface area contributed by atoms with Gasteiger partial charge in [-0.25, -0.2) is 0 Å². The zero-order chi connectivity index (χ0) is 13.5. The highest BCUT2D eigenvalue weighted by molar-refractivity contribution is 5.98. The van der Waals surface area contributed by atoms with Gasteiger partial charge in [0, 0.05) is 10.9 Å². The van der Waals surface area contributed by atoms with Crippen molar-refractivity contribution in [3.05, 3.63) is 66.2 Å². The monoisotopic (exact) mass is 264 g/mol. The van der Waals surface area contributed by atoms with Crippen LogP contribution in [-0.2, 0) is 0 Å². The Kier molecular flexibility index (Phi) is 2.33. The Morgan fingerprint density at radius 3 is 2.30 bits per heavy atom. The molecule has 3 aromatic rings. The lowest BCUT2D eigenvalue weighted by Gasteiger charge is -2.27. The van der Waals surface area contributed by atoms with Crippen molar-refractivity contribution in [2.24, 2.45) is 0 Å². The van der Waals surface area contributed by atoms with E-state index in [9.17, 15) is 5.11 Å². The molecule has 98 valence electrons. The molecule has 0 saturated carbocycles. The minimum absolute atomic E-state index is 0.232. The van der Waals surface area contributed by atoms with Crippen LogP contribution < -0.4 is 9.47 Å². The number of aromatic hydroxyl groups is 1. The minimum atomic E-state index is -0.459. The van der Waals surface area contributed by atoms with Crippen molar-refractivity contribution in [2.45, 2.75) is 6.29 Å². The summed E-state index contributed by atoms with van der Waals surface area (Å²) in [6.07, 6.45) is -0.459. The molecule has 0 spiro atoms. The van der Waals surface area contributed by atoms with Crippen molar-refractivity contribution in [3.63, 3.8) is 0 Å². The lowest BCUT2D eigenvalue weighted by atomic mass is 10.1. The number of phenolic OH excluding ortho intramolecular Hbond substituents is 1. The van der Waals surface area contributed by atoms with Crippen molar-refractivity contribution in [1.82, 2.24) is 0 Å². The summed E-state index contributed by atoms with van der Waals surface area (Å²) in [4.78, 5) is 0. The summed E-state index contributed by atoms with van der Waals surface area (Å²) in [6.45, 7) is 0. The quantitative estimate of drug-likeness (QED) is 0.721. The molecule has 0 radical (unpaired) electrons. The highest BCUT2D eigenvalue weighted by atomic mass is 16.7. The number of hydrogen-bond donors (Lipinski definition) is 1. The molecule has 3 nitrogen and oxygen atoms in total. The predicted octanol–water partition coefficient (Wildman–Crippen LogP) is 4.02. The molecule has 0 amide bonds. The zero-order valence-corrected chi connectivity index (χ0v) is 10.6. The standard InChI is InChI=1S/C17H12O3/c18-13-9-10-15-16-12(13)7-4-8-14(16)19-17(20-15)11-5-2-1-3-6-11/h1-10,17-18H. The Hall–Kier alpha value is -2.68. The molecule has 1 unspecified atom stereocenters. The Morgan fingerprint density at radius 2 is 1.50 bits per heavy atom. The number of ether oxygens (including phenoxy) is 2.